The first kappa shape index (κ1) is 29.7. The van der Waals surface area contributed by atoms with Crippen LogP contribution in [0.25, 0.3) is 11.3 Å². The molecular weight excluding hydrogens is 586 g/mol. The van der Waals surface area contributed by atoms with Gasteiger partial charge in [-0.15, -0.1) is 28.3 Å². The molecule has 2 N–H and O–H groups in total. The Bertz CT molecular complexity index is 1410. The van der Waals surface area contributed by atoms with E-state index >= 15 is 0 Å². The number of thiazole rings is 1. The van der Waals surface area contributed by atoms with Gasteiger partial charge in [-0.05, 0) is 43.7 Å². The van der Waals surface area contributed by atoms with Crippen molar-refractivity contribution in [2.45, 2.75) is 19.8 Å². The number of benzene rings is 2. The molecule has 0 amide bonds. The summed E-state index contributed by atoms with van der Waals surface area (Å²) in [4.78, 5) is 30.6. The Morgan fingerprint density at radius 2 is 1.51 bits per heavy atom. The van der Waals surface area contributed by atoms with Gasteiger partial charge in [-0.1, -0.05) is 18.2 Å². The molecule has 0 radical (unpaired) electrons. The van der Waals surface area contributed by atoms with Crippen LogP contribution in [-0.2, 0) is 19.1 Å². The van der Waals surface area contributed by atoms with Crippen LogP contribution < -0.4 is 20.1 Å². The number of hydrogen-bond donors (Lipinski definition) is 2. The zero-order chi connectivity index (χ0) is 27.4. The molecule has 3 aromatic rings. The number of hydrogen-bond acceptors (Lipinski definition) is 10. The Morgan fingerprint density at radius 3 is 2.10 bits per heavy atom. The second kappa shape index (κ2) is 12.8. The number of nitrogens with one attached hydrogen (secondary N) is 2. The maximum atomic E-state index is 12.9. The van der Waals surface area contributed by atoms with Gasteiger partial charge in [-0.25, -0.2) is 14.6 Å². The highest BCUT2D eigenvalue weighted by Gasteiger charge is 2.38. The number of ether oxygens (including phenoxy) is 4. The first-order chi connectivity index (χ1) is 18.3. The SMILES string of the molecule is Br.COC(=O)C1=C(C)NC(C)=C(C(=O)OC)C1c1ccccc1Nc1nc(-c2ccc(OC)c(OC)c2)cs1. The Kier molecular flexibility index (Phi) is 9.76. The Morgan fingerprint density at radius 1 is 0.897 bits per heavy atom. The van der Waals surface area contributed by atoms with E-state index in [1.165, 1.54) is 25.6 Å². The number of aromatic nitrogens is 1. The summed E-state index contributed by atoms with van der Waals surface area (Å²) in [6, 6.07) is 13.1. The lowest BCUT2D eigenvalue weighted by molar-refractivity contribution is -0.137. The number of dihydropyridines is 1. The summed E-state index contributed by atoms with van der Waals surface area (Å²) in [5.41, 5.74) is 4.90. The average Bonchev–Trinajstić information content (AvgIpc) is 3.40. The Labute approximate surface area is 241 Å². The van der Waals surface area contributed by atoms with Gasteiger partial charge in [0, 0.05) is 28.0 Å². The molecule has 39 heavy (non-hydrogen) atoms. The number of allylic oxidation sites excluding steroid dienone is 2. The van der Waals surface area contributed by atoms with Crippen molar-refractivity contribution in [1.82, 2.24) is 10.3 Å². The number of carbonyl (C=O) groups is 2. The van der Waals surface area contributed by atoms with Crippen molar-refractivity contribution in [1.29, 1.82) is 0 Å². The van der Waals surface area contributed by atoms with Crippen LogP contribution in [0.5, 0.6) is 11.5 Å². The minimum Gasteiger partial charge on any atom is -0.493 e. The highest BCUT2D eigenvalue weighted by atomic mass is 79.9. The lowest BCUT2D eigenvalue weighted by Crippen LogP contribution is -2.32. The number of halogens is 1. The molecule has 0 unspecified atom stereocenters. The second-order valence-electron chi connectivity index (χ2n) is 8.44. The number of para-hydroxylation sites is 1. The van der Waals surface area contributed by atoms with Crippen LogP contribution in [0.2, 0.25) is 0 Å². The van der Waals surface area contributed by atoms with E-state index in [9.17, 15) is 9.59 Å². The van der Waals surface area contributed by atoms with E-state index in [1.807, 2.05) is 47.8 Å². The molecule has 0 saturated carbocycles. The van der Waals surface area contributed by atoms with Crippen LogP contribution in [0.1, 0.15) is 25.3 Å². The van der Waals surface area contributed by atoms with E-state index in [2.05, 4.69) is 10.6 Å². The number of anilines is 2. The van der Waals surface area contributed by atoms with Crippen molar-refractivity contribution < 1.29 is 28.5 Å². The molecule has 0 bridgehead atoms. The van der Waals surface area contributed by atoms with Crippen molar-refractivity contribution in [3.8, 4) is 22.8 Å². The number of methoxy groups -OCH3 is 4. The summed E-state index contributed by atoms with van der Waals surface area (Å²) in [7, 11) is 5.81. The summed E-state index contributed by atoms with van der Waals surface area (Å²) >= 11 is 1.43. The van der Waals surface area contributed by atoms with Gasteiger partial charge in [-0.2, -0.15) is 0 Å². The summed E-state index contributed by atoms with van der Waals surface area (Å²) in [6.45, 7) is 3.56. The smallest absolute Gasteiger partial charge is 0.336 e. The number of carbonyl (C=O) groups excluding carboxylic acids is 2. The van der Waals surface area contributed by atoms with Gasteiger partial charge < -0.3 is 29.6 Å². The zero-order valence-electron chi connectivity index (χ0n) is 22.4. The number of nitrogens with zero attached hydrogens (tertiary/aromatic N) is 1. The predicted molar refractivity (Wildman–Crippen MR) is 156 cm³/mol. The molecule has 0 fully saturated rings. The van der Waals surface area contributed by atoms with Gasteiger partial charge >= 0.3 is 11.9 Å². The minimum atomic E-state index is -0.717. The molecule has 9 nitrogen and oxygen atoms in total. The van der Waals surface area contributed by atoms with E-state index in [0.717, 1.165) is 11.3 Å². The van der Waals surface area contributed by atoms with Crippen molar-refractivity contribution >= 4 is 51.1 Å². The largest absolute Gasteiger partial charge is 0.493 e. The van der Waals surface area contributed by atoms with Gasteiger partial charge in [0.05, 0.1) is 51.2 Å². The molecule has 1 aliphatic heterocycles. The summed E-state index contributed by atoms with van der Waals surface area (Å²) in [6.07, 6.45) is 0. The molecule has 0 spiro atoms. The first-order valence-corrected chi connectivity index (χ1v) is 12.6. The van der Waals surface area contributed by atoms with E-state index in [4.69, 9.17) is 23.9 Å². The normalized spacial score (nSPS) is 13.3. The van der Waals surface area contributed by atoms with Crippen LogP contribution in [0.3, 0.4) is 0 Å². The Hall–Kier alpha value is -3.83. The van der Waals surface area contributed by atoms with Crippen LogP contribution in [0, 0.1) is 0 Å². The third-order valence-corrected chi connectivity index (χ3v) is 7.03. The van der Waals surface area contributed by atoms with E-state index in [0.29, 0.717) is 50.4 Å². The third kappa shape index (κ3) is 5.94. The molecular formula is C28H30BrN3O6S. The van der Waals surface area contributed by atoms with Gasteiger partial charge in [0.15, 0.2) is 16.6 Å². The monoisotopic (exact) mass is 615 g/mol. The van der Waals surface area contributed by atoms with Crippen LogP contribution in [0.15, 0.2) is 70.4 Å². The van der Waals surface area contributed by atoms with Gasteiger partial charge in [0.25, 0.3) is 0 Å². The Balaban J connectivity index is 0.00000420. The molecule has 206 valence electrons. The molecule has 1 aromatic heterocycles. The molecule has 2 aromatic carbocycles. The fraction of sp³-hybridized carbons (Fsp3) is 0.250. The molecule has 0 atom stereocenters. The standard InChI is InChI=1S/C28H29N3O6S.BrH/c1-15-23(26(32)36-5)25(24(16(2)29-15)27(33)37-6)18-9-7-8-10-19(18)30-28-31-20(14-38-28)17-11-12-21(34-3)22(13-17)35-4;/h7-14,25,29H,1-6H3,(H,30,31);1H. The van der Waals surface area contributed by atoms with Crippen LogP contribution in [-0.4, -0.2) is 45.4 Å². The van der Waals surface area contributed by atoms with E-state index in [-0.39, 0.29) is 17.0 Å². The maximum absolute atomic E-state index is 12.9. The first-order valence-electron chi connectivity index (χ1n) is 11.7. The molecule has 0 saturated heterocycles. The van der Waals surface area contributed by atoms with E-state index < -0.39 is 17.9 Å². The average molecular weight is 617 g/mol. The lowest BCUT2D eigenvalue weighted by Gasteiger charge is -2.31. The molecule has 0 aliphatic carbocycles. The summed E-state index contributed by atoms with van der Waals surface area (Å²) in [5, 5.41) is 9.07. The molecule has 1 aliphatic rings. The fourth-order valence-electron chi connectivity index (χ4n) is 4.50. The highest BCUT2D eigenvalue weighted by Crippen LogP contribution is 2.43. The number of rotatable bonds is 8. The quantitative estimate of drug-likeness (QED) is 0.307. The summed E-state index contributed by atoms with van der Waals surface area (Å²) in [5.74, 6) is -0.540. The van der Waals surface area contributed by atoms with Gasteiger partial charge in [0.1, 0.15) is 0 Å². The van der Waals surface area contributed by atoms with Crippen molar-refractivity contribution in [3.05, 3.63) is 75.9 Å². The van der Waals surface area contributed by atoms with Crippen LogP contribution in [0.4, 0.5) is 10.8 Å². The molecule has 11 heteroatoms. The molecule has 4 rings (SSSR count). The van der Waals surface area contributed by atoms with Crippen molar-refractivity contribution in [2.75, 3.05) is 33.8 Å². The lowest BCUT2D eigenvalue weighted by atomic mass is 9.79. The van der Waals surface area contributed by atoms with Gasteiger partial charge in [-0.3, -0.25) is 0 Å². The van der Waals surface area contributed by atoms with Gasteiger partial charge in [0.2, 0.25) is 0 Å². The zero-order valence-corrected chi connectivity index (χ0v) is 24.9. The number of esters is 2. The predicted octanol–water partition coefficient (Wildman–Crippen LogP) is 5.73. The van der Waals surface area contributed by atoms with E-state index in [1.54, 1.807) is 28.1 Å². The fourth-order valence-corrected chi connectivity index (χ4v) is 5.24. The molecule has 2 heterocycles. The third-order valence-electron chi connectivity index (χ3n) is 6.27. The maximum Gasteiger partial charge on any atom is 0.336 e. The highest BCUT2D eigenvalue weighted by molar-refractivity contribution is 8.93. The van der Waals surface area contributed by atoms with Crippen LogP contribution >= 0.6 is 28.3 Å². The second-order valence-corrected chi connectivity index (χ2v) is 9.30. The minimum absolute atomic E-state index is 0. The van der Waals surface area contributed by atoms with Crippen molar-refractivity contribution in [3.63, 3.8) is 0 Å². The van der Waals surface area contributed by atoms with Crippen molar-refractivity contribution in [2.24, 2.45) is 0 Å². The summed E-state index contributed by atoms with van der Waals surface area (Å²) < 4.78 is 20.9. The topological polar surface area (TPSA) is 108 Å².